The lowest BCUT2D eigenvalue weighted by Crippen LogP contribution is -2.19. The smallest absolute Gasteiger partial charge is 0.308 e. The number of hydrogen-bond acceptors (Lipinski definition) is 2. The van der Waals surface area contributed by atoms with E-state index in [0.717, 1.165) is 17.7 Å². The Labute approximate surface area is 127 Å². The zero-order valence-corrected chi connectivity index (χ0v) is 12.3. The van der Waals surface area contributed by atoms with E-state index in [1.165, 1.54) is 23.5 Å². The topological polar surface area (TPSA) is 41.1 Å². The Kier molecular flexibility index (Phi) is 4.43. The number of aryl methyl sites for hydroxylation is 1. The summed E-state index contributed by atoms with van der Waals surface area (Å²) >= 11 is 7.24. The third kappa shape index (κ3) is 3.89. The summed E-state index contributed by atoms with van der Waals surface area (Å²) in [5.41, 5.74) is 0.321. The first-order valence-electron chi connectivity index (χ1n) is 5.76. The Balaban J connectivity index is 2.01. The Morgan fingerprint density at radius 2 is 1.81 bits per heavy atom. The fraction of sp³-hybridized carbons (Fsp3) is 0.154. The van der Waals surface area contributed by atoms with Crippen molar-refractivity contribution in [3.63, 3.8) is 0 Å². The molecule has 0 bridgehead atoms. The highest BCUT2D eigenvalue weighted by Crippen LogP contribution is 2.32. The quantitative estimate of drug-likeness (QED) is 0.761. The highest BCUT2D eigenvalue weighted by molar-refractivity contribution is 7.15. The van der Waals surface area contributed by atoms with Crippen LogP contribution in [0.3, 0.4) is 0 Å². The van der Waals surface area contributed by atoms with Crippen molar-refractivity contribution in [2.75, 3.05) is 10.6 Å². The molecule has 2 amide bonds. The van der Waals surface area contributed by atoms with Crippen molar-refractivity contribution in [2.24, 2.45) is 0 Å². The van der Waals surface area contributed by atoms with E-state index in [1.54, 1.807) is 12.3 Å². The molecule has 21 heavy (non-hydrogen) atoms. The predicted molar refractivity (Wildman–Crippen MR) is 78.2 cm³/mol. The molecular formula is C13H10ClF3N2OS. The largest absolute Gasteiger partial charge is 0.416 e. The fourth-order valence-corrected chi connectivity index (χ4v) is 2.65. The summed E-state index contributed by atoms with van der Waals surface area (Å²) in [6.07, 6.45) is -4.40. The molecule has 8 heteroatoms. The van der Waals surface area contributed by atoms with E-state index in [0.29, 0.717) is 10.0 Å². The zero-order valence-electron chi connectivity index (χ0n) is 10.7. The molecule has 0 aliphatic carbocycles. The standard InChI is InChI=1S/C13H10ClF3N2OS/c1-7-6-21-11(10(7)14)19-12(20)18-9-4-2-8(3-5-9)13(15,16)17/h2-6H,1H3,(H2,18,19,20). The first-order chi connectivity index (χ1) is 9.77. The molecule has 2 aromatic rings. The lowest BCUT2D eigenvalue weighted by molar-refractivity contribution is -0.137. The molecule has 1 aromatic carbocycles. The summed E-state index contributed by atoms with van der Waals surface area (Å²) in [5.74, 6) is 0. The second-order valence-corrected chi connectivity index (χ2v) is 5.47. The second kappa shape index (κ2) is 5.95. The Morgan fingerprint density at radius 1 is 1.19 bits per heavy atom. The van der Waals surface area contributed by atoms with Gasteiger partial charge in [-0.2, -0.15) is 13.2 Å². The van der Waals surface area contributed by atoms with Crippen LogP contribution in [0.2, 0.25) is 5.02 Å². The van der Waals surface area contributed by atoms with E-state index in [-0.39, 0.29) is 5.69 Å². The monoisotopic (exact) mass is 334 g/mol. The van der Waals surface area contributed by atoms with Crippen molar-refractivity contribution < 1.29 is 18.0 Å². The van der Waals surface area contributed by atoms with Gasteiger partial charge in [0.15, 0.2) is 0 Å². The summed E-state index contributed by atoms with van der Waals surface area (Å²) in [7, 11) is 0. The molecule has 0 saturated heterocycles. The molecule has 0 saturated carbocycles. The number of carbonyl (C=O) groups excluding carboxylic acids is 1. The van der Waals surface area contributed by atoms with Gasteiger partial charge in [-0.25, -0.2) is 4.79 Å². The molecule has 0 fully saturated rings. The van der Waals surface area contributed by atoms with Crippen molar-refractivity contribution in [3.8, 4) is 0 Å². The van der Waals surface area contributed by atoms with Gasteiger partial charge in [-0.3, -0.25) is 5.32 Å². The third-order valence-corrected chi connectivity index (χ3v) is 4.21. The first-order valence-corrected chi connectivity index (χ1v) is 7.02. The maximum atomic E-state index is 12.4. The number of amides is 2. The van der Waals surface area contributed by atoms with Gasteiger partial charge in [-0.05, 0) is 42.1 Å². The van der Waals surface area contributed by atoms with E-state index in [4.69, 9.17) is 11.6 Å². The number of alkyl halides is 3. The molecule has 1 aromatic heterocycles. The van der Waals surface area contributed by atoms with Gasteiger partial charge in [0.25, 0.3) is 0 Å². The van der Waals surface area contributed by atoms with E-state index < -0.39 is 17.8 Å². The lowest BCUT2D eigenvalue weighted by atomic mass is 10.2. The van der Waals surface area contributed by atoms with Crippen molar-refractivity contribution in [3.05, 3.63) is 45.8 Å². The molecule has 1 heterocycles. The minimum Gasteiger partial charge on any atom is -0.308 e. The average molecular weight is 335 g/mol. The molecule has 3 nitrogen and oxygen atoms in total. The van der Waals surface area contributed by atoms with Gasteiger partial charge < -0.3 is 5.32 Å². The second-order valence-electron chi connectivity index (χ2n) is 4.22. The van der Waals surface area contributed by atoms with Crippen LogP contribution >= 0.6 is 22.9 Å². The zero-order chi connectivity index (χ0) is 15.6. The van der Waals surface area contributed by atoms with Gasteiger partial charge in [0.05, 0.1) is 10.6 Å². The van der Waals surface area contributed by atoms with Gasteiger partial charge in [0.1, 0.15) is 5.00 Å². The van der Waals surface area contributed by atoms with Crippen LogP contribution in [-0.4, -0.2) is 6.03 Å². The third-order valence-electron chi connectivity index (χ3n) is 2.60. The number of rotatable bonds is 2. The van der Waals surface area contributed by atoms with Crippen LogP contribution < -0.4 is 10.6 Å². The minimum atomic E-state index is -4.40. The molecule has 0 spiro atoms. The van der Waals surface area contributed by atoms with Gasteiger partial charge in [-0.15, -0.1) is 11.3 Å². The Hall–Kier alpha value is -1.73. The van der Waals surface area contributed by atoms with Crippen LogP contribution in [0.5, 0.6) is 0 Å². The first kappa shape index (κ1) is 15.7. The van der Waals surface area contributed by atoms with E-state index in [1.807, 2.05) is 0 Å². The lowest BCUT2D eigenvalue weighted by Gasteiger charge is -2.09. The number of nitrogens with one attached hydrogen (secondary N) is 2. The van der Waals surface area contributed by atoms with E-state index >= 15 is 0 Å². The molecule has 0 aliphatic heterocycles. The molecule has 2 N–H and O–H groups in total. The van der Waals surface area contributed by atoms with Crippen molar-refractivity contribution >= 4 is 39.7 Å². The maximum Gasteiger partial charge on any atom is 0.416 e. The number of halogens is 4. The summed E-state index contributed by atoms with van der Waals surface area (Å²) in [6, 6.07) is 3.60. The van der Waals surface area contributed by atoms with Gasteiger partial charge in [0.2, 0.25) is 0 Å². The highest BCUT2D eigenvalue weighted by atomic mass is 35.5. The van der Waals surface area contributed by atoms with Gasteiger partial charge in [-0.1, -0.05) is 11.6 Å². The molecule has 0 atom stereocenters. The van der Waals surface area contributed by atoms with Gasteiger partial charge in [0, 0.05) is 5.69 Å². The number of thiophene rings is 1. The van der Waals surface area contributed by atoms with Gasteiger partial charge >= 0.3 is 12.2 Å². The van der Waals surface area contributed by atoms with Crippen LogP contribution in [0.4, 0.5) is 28.7 Å². The number of benzene rings is 1. The average Bonchev–Trinajstić information content (AvgIpc) is 2.70. The number of urea groups is 1. The van der Waals surface area contributed by atoms with Crippen molar-refractivity contribution in [1.29, 1.82) is 0 Å². The fourth-order valence-electron chi connectivity index (χ4n) is 1.52. The summed E-state index contributed by atoms with van der Waals surface area (Å²) in [6.45, 7) is 1.80. The van der Waals surface area contributed by atoms with Crippen LogP contribution in [0.15, 0.2) is 29.6 Å². The predicted octanol–water partition coefficient (Wildman–Crippen LogP) is 5.37. The van der Waals surface area contributed by atoms with Crippen LogP contribution in [0.1, 0.15) is 11.1 Å². The maximum absolute atomic E-state index is 12.4. The molecule has 112 valence electrons. The minimum absolute atomic E-state index is 0.255. The number of hydrogen-bond donors (Lipinski definition) is 2. The van der Waals surface area contributed by atoms with Crippen LogP contribution in [0, 0.1) is 6.92 Å². The van der Waals surface area contributed by atoms with Crippen molar-refractivity contribution in [2.45, 2.75) is 13.1 Å². The molecule has 0 aliphatic rings. The molecule has 2 rings (SSSR count). The summed E-state index contributed by atoms with van der Waals surface area (Å²) < 4.78 is 37.2. The molecule has 0 radical (unpaired) electrons. The summed E-state index contributed by atoms with van der Waals surface area (Å²) in [5, 5.41) is 7.69. The molecule has 0 unspecified atom stereocenters. The highest BCUT2D eigenvalue weighted by Gasteiger charge is 2.29. The van der Waals surface area contributed by atoms with E-state index in [9.17, 15) is 18.0 Å². The van der Waals surface area contributed by atoms with E-state index in [2.05, 4.69) is 10.6 Å². The Morgan fingerprint density at radius 3 is 2.29 bits per heavy atom. The number of anilines is 2. The van der Waals surface area contributed by atoms with Crippen LogP contribution in [0.25, 0.3) is 0 Å². The summed E-state index contributed by atoms with van der Waals surface area (Å²) in [4.78, 5) is 11.7. The van der Waals surface area contributed by atoms with Crippen molar-refractivity contribution in [1.82, 2.24) is 0 Å². The molecular weight excluding hydrogens is 325 g/mol. The Bertz CT molecular complexity index is 652. The normalized spacial score (nSPS) is 11.3. The van der Waals surface area contributed by atoms with Crippen LogP contribution in [-0.2, 0) is 6.18 Å². The SMILES string of the molecule is Cc1csc(NC(=O)Nc2ccc(C(F)(F)F)cc2)c1Cl. The number of carbonyl (C=O) groups is 1.